The first-order valence-corrected chi connectivity index (χ1v) is 6.37. The van der Waals surface area contributed by atoms with Crippen LogP contribution in [0.15, 0.2) is 41.4 Å². The highest BCUT2D eigenvalue weighted by molar-refractivity contribution is 5.98. The van der Waals surface area contributed by atoms with Crippen LogP contribution in [0.1, 0.15) is 16.7 Å². The Morgan fingerprint density at radius 2 is 2.11 bits per heavy atom. The van der Waals surface area contributed by atoms with Crippen molar-refractivity contribution in [1.29, 1.82) is 0 Å². The third kappa shape index (κ3) is 1.26. The molecule has 0 aliphatic carbocycles. The number of hydrogen-bond acceptors (Lipinski definition) is 2. The van der Waals surface area contributed by atoms with Crippen LogP contribution in [0.5, 0.6) is 0 Å². The van der Waals surface area contributed by atoms with Crippen molar-refractivity contribution in [3.8, 4) is 0 Å². The summed E-state index contributed by atoms with van der Waals surface area (Å²) in [7, 11) is 0. The van der Waals surface area contributed by atoms with Gasteiger partial charge in [0.2, 0.25) is 0 Å². The van der Waals surface area contributed by atoms with Gasteiger partial charge in [-0.3, -0.25) is 4.99 Å². The zero-order chi connectivity index (χ0) is 12.1. The fourth-order valence-corrected chi connectivity index (χ4v) is 2.94. The van der Waals surface area contributed by atoms with Gasteiger partial charge >= 0.3 is 0 Å². The summed E-state index contributed by atoms with van der Waals surface area (Å²) in [6.07, 6.45) is 3.13. The molecule has 2 aromatic carbocycles. The van der Waals surface area contributed by atoms with Gasteiger partial charge in [-0.15, -0.1) is 0 Å². The summed E-state index contributed by atoms with van der Waals surface area (Å²) in [6.45, 7) is 3.18. The maximum absolute atomic E-state index is 4.65. The molecule has 2 aliphatic rings. The summed E-state index contributed by atoms with van der Waals surface area (Å²) in [5.74, 6) is 0. The molecule has 2 aromatic rings. The Labute approximate surface area is 107 Å². The second-order valence-corrected chi connectivity index (χ2v) is 5.01. The zero-order valence-electron chi connectivity index (χ0n) is 10.4. The van der Waals surface area contributed by atoms with Gasteiger partial charge in [-0.2, -0.15) is 0 Å². The molecule has 0 atom stereocenters. The lowest BCUT2D eigenvalue weighted by atomic mass is 10.1. The molecule has 2 heteroatoms. The monoisotopic (exact) mass is 234 g/mol. The average Bonchev–Trinajstić information content (AvgIpc) is 2.73. The van der Waals surface area contributed by atoms with Crippen molar-refractivity contribution in [2.24, 2.45) is 4.99 Å². The summed E-state index contributed by atoms with van der Waals surface area (Å²) in [6, 6.07) is 13.0. The Morgan fingerprint density at radius 1 is 1.17 bits per heavy atom. The predicted octanol–water partition coefficient (Wildman–Crippen LogP) is 3.75. The van der Waals surface area contributed by atoms with E-state index in [0.29, 0.717) is 0 Å². The van der Waals surface area contributed by atoms with E-state index in [4.69, 9.17) is 0 Å². The van der Waals surface area contributed by atoms with Crippen molar-refractivity contribution < 1.29 is 0 Å². The van der Waals surface area contributed by atoms with Gasteiger partial charge in [0.05, 0.1) is 17.1 Å². The van der Waals surface area contributed by atoms with Crippen molar-refractivity contribution in [3.63, 3.8) is 0 Å². The van der Waals surface area contributed by atoms with E-state index in [0.717, 1.165) is 18.7 Å². The number of aliphatic imine (C=N–C) groups is 1. The van der Waals surface area contributed by atoms with E-state index in [-0.39, 0.29) is 0 Å². The lowest BCUT2D eigenvalue weighted by molar-refractivity contribution is 0.998. The second kappa shape index (κ2) is 3.45. The fraction of sp³-hybridized carbons (Fsp3) is 0.188. The molecule has 0 radical (unpaired) electrons. The van der Waals surface area contributed by atoms with Gasteiger partial charge in [0.25, 0.3) is 0 Å². The largest absolute Gasteiger partial charge is 0.339 e. The van der Waals surface area contributed by atoms with E-state index in [1.165, 1.54) is 28.1 Å². The molecule has 0 saturated heterocycles. The highest BCUT2D eigenvalue weighted by Gasteiger charge is 2.26. The molecule has 2 aliphatic heterocycles. The molecule has 0 N–H and O–H groups in total. The van der Waals surface area contributed by atoms with E-state index in [1.54, 1.807) is 0 Å². The molecule has 2 heterocycles. The average molecular weight is 234 g/mol. The van der Waals surface area contributed by atoms with Crippen LogP contribution < -0.4 is 4.90 Å². The van der Waals surface area contributed by atoms with Crippen LogP contribution in [0.2, 0.25) is 0 Å². The van der Waals surface area contributed by atoms with Gasteiger partial charge in [0.15, 0.2) is 0 Å². The van der Waals surface area contributed by atoms with Crippen LogP contribution in [0.3, 0.4) is 0 Å². The molecule has 4 rings (SSSR count). The van der Waals surface area contributed by atoms with Crippen LogP contribution in [0.4, 0.5) is 17.1 Å². The summed E-state index contributed by atoms with van der Waals surface area (Å²) in [4.78, 5) is 7.06. The van der Waals surface area contributed by atoms with Crippen LogP contribution in [0, 0.1) is 6.92 Å². The number of rotatable bonds is 0. The first kappa shape index (κ1) is 9.89. The first-order valence-electron chi connectivity index (χ1n) is 6.37. The van der Waals surface area contributed by atoms with Gasteiger partial charge in [0.1, 0.15) is 0 Å². The topological polar surface area (TPSA) is 15.6 Å². The van der Waals surface area contributed by atoms with E-state index < -0.39 is 0 Å². The van der Waals surface area contributed by atoms with Crippen molar-refractivity contribution in [2.75, 3.05) is 11.4 Å². The third-order valence-electron chi connectivity index (χ3n) is 3.79. The maximum Gasteiger partial charge on any atom is 0.0869 e. The Hall–Kier alpha value is -2.09. The number of aryl methyl sites for hydroxylation is 1. The molecule has 88 valence electrons. The quantitative estimate of drug-likeness (QED) is 0.677. The van der Waals surface area contributed by atoms with Crippen LogP contribution in [-0.2, 0) is 6.42 Å². The second-order valence-electron chi connectivity index (χ2n) is 5.01. The van der Waals surface area contributed by atoms with E-state index >= 15 is 0 Å². The minimum absolute atomic E-state index is 1.06. The number of para-hydroxylation sites is 1. The summed E-state index contributed by atoms with van der Waals surface area (Å²) in [5.41, 5.74) is 7.60. The van der Waals surface area contributed by atoms with Crippen LogP contribution in [-0.4, -0.2) is 12.8 Å². The van der Waals surface area contributed by atoms with Crippen molar-refractivity contribution >= 4 is 23.3 Å². The molecule has 0 saturated carbocycles. The van der Waals surface area contributed by atoms with Gasteiger partial charge in [-0.25, -0.2) is 0 Å². The highest BCUT2D eigenvalue weighted by atomic mass is 15.2. The molecule has 2 nitrogen and oxygen atoms in total. The van der Waals surface area contributed by atoms with Crippen molar-refractivity contribution in [1.82, 2.24) is 0 Å². The fourth-order valence-electron chi connectivity index (χ4n) is 2.94. The Kier molecular flexibility index (Phi) is 1.90. The van der Waals surface area contributed by atoms with Crippen molar-refractivity contribution in [2.45, 2.75) is 13.3 Å². The molecular weight excluding hydrogens is 220 g/mol. The number of hydrogen-bond donors (Lipinski definition) is 0. The maximum atomic E-state index is 4.65. The normalized spacial score (nSPS) is 15.3. The summed E-state index contributed by atoms with van der Waals surface area (Å²) >= 11 is 0. The predicted molar refractivity (Wildman–Crippen MR) is 75.6 cm³/mol. The van der Waals surface area contributed by atoms with E-state index in [1.807, 2.05) is 6.21 Å². The lowest BCUT2D eigenvalue weighted by Crippen LogP contribution is -2.13. The number of nitrogens with zero attached hydrogens (tertiary/aromatic N) is 2. The minimum atomic E-state index is 1.06. The molecule has 18 heavy (non-hydrogen) atoms. The Morgan fingerprint density at radius 3 is 3.06 bits per heavy atom. The van der Waals surface area contributed by atoms with E-state index in [9.17, 15) is 0 Å². The number of benzene rings is 2. The Balaban J connectivity index is 2.02. The molecule has 0 spiro atoms. The highest BCUT2D eigenvalue weighted by Crippen LogP contribution is 2.43. The van der Waals surface area contributed by atoms with Crippen LogP contribution in [0.25, 0.3) is 0 Å². The Bertz CT molecular complexity index is 671. The smallest absolute Gasteiger partial charge is 0.0869 e. The molecular formula is C16H14N2. The number of fused-ring (bicyclic) bond motifs is 2. The summed E-state index contributed by atoms with van der Waals surface area (Å²) < 4.78 is 0. The lowest BCUT2D eigenvalue weighted by Gasteiger charge is -2.21. The number of anilines is 2. The van der Waals surface area contributed by atoms with E-state index in [2.05, 4.69) is 53.2 Å². The van der Waals surface area contributed by atoms with Crippen molar-refractivity contribution in [3.05, 3.63) is 53.1 Å². The van der Waals surface area contributed by atoms with Gasteiger partial charge in [-0.05, 0) is 36.6 Å². The molecule has 0 aromatic heterocycles. The molecule has 0 unspecified atom stereocenters. The zero-order valence-corrected chi connectivity index (χ0v) is 10.4. The van der Waals surface area contributed by atoms with Gasteiger partial charge < -0.3 is 4.90 Å². The third-order valence-corrected chi connectivity index (χ3v) is 3.79. The van der Waals surface area contributed by atoms with Crippen LogP contribution >= 0.6 is 0 Å². The SMILES string of the molecule is Cc1ccc2c(c1)N=Cc1cccc3c1N2CC3. The first-order chi connectivity index (χ1) is 8.83. The summed E-state index contributed by atoms with van der Waals surface area (Å²) in [5, 5.41) is 0. The molecule has 0 fully saturated rings. The van der Waals surface area contributed by atoms with Gasteiger partial charge in [-0.1, -0.05) is 24.3 Å². The molecule has 0 amide bonds. The standard InChI is InChI=1S/C16H14N2/c1-11-5-6-15-14(9-11)17-10-13-4-2-3-12-7-8-18(15)16(12)13/h2-6,9-10H,7-8H2,1H3. The molecule has 0 bridgehead atoms. The minimum Gasteiger partial charge on any atom is -0.339 e. The van der Waals surface area contributed by atoms with Gasteiger partial charge in [0, 0.05) is 18.3 Å².